The van der Waals surface area contributed by atoms with Gasteiger partial charge < -0.3 is 20.1 Å². The molecular weight excluding hydrogens is 697 g/mol. The second-order valence-corrected chi connectivity index (χ2v) is 17.0. The van der Waals surface area contributed by atoms with E-state index in [4.69, 9.17) is 27.9 Å². The molecule has 3 N–H and O–H groups in total. The Labute approximate surface area is 303 Å². The number of allylic oxidation sites excluding steroid dienone is 1. The minimum Gasteiger partial charge on any atom is -0.490 e. The zero-order valence-corrected chi connectivity index (χ0v) is 29.9. The van der Waals surface area contributed by atoms with Crippen molar-refractivity contribution in [3.8, 4) is 5.75 Å². The summed E-state index contributed by atoms with van der Waals surface area (Å²) in [5, 5.41) is 13.9. The molecule has 7 rings (SSSR count). The highest BCUT2D eigenvalue weighted by atomic mass is 35.5. The Balaban J connectivity index is 1.21. The lowest BCUT2D eigenvalue weighted by Crippen LogP contribution is -2.49. The maximum Gasteiger partial charge on any atom is 0.264 e. The van der Waals surface area contributed by atoms with Gasteiger partial charge in [0.25, 0.3) is 5.91 Å². The number of benzene rings is 3. The van der Waals surface area contributed by atoms with E-state index in [1.165, 1.54) is 11.1 Å². The first-order chi connectivity index (χ1) is 24.0. The molecule has 264 valence electrons. The summed E-state index contributed by atoms with van der Waals surface area (Å²) in [7, 11) is -4.31. The van der Waals surface area contributed by atoms with Crippen LogP contribution in [0.4, 0.5) is 11.4 Å². The molecule has 0 aromatic heterocycles. The molecule has 1 saturated carbocycles. The van der Waals surface area contributed by atoms with Gasteiger partial charge in [-0.1, -0.05) is 47.5 Å². The van der Waals surface area contributed by atoms with Crippen LogP contribution < -0.4 is 19.7 Å². The summed E-state index contributed by atoms with van der Waals surface area (Å²) in [6.45, 7) is 1.74. The number of aryl methyl sites for hydroxylation is 1. The number of aliphatic hydroxyl groups excluding tert-OH is 1. The van der Waals surface area contributed by atoms with Crippen LogP contribution in [0.15, 0.2) is 72.8 Å². The number of halogens is 2. The number of hydrogen-bond acceptors (Lipinski definition) is 7. The van der Waals surface area contributed by atoms with Gasteiger partial charge in [0.1, 0.15) is 5.75 Å². The summed E-state index contributed by atoms with van der Waals surface area (Å²) >= 11 is 12.5. The van der Waals surface area contributed by atoms with Crippen molar-refractivity contribution in [1.29, 1.82) is 0 Å². The first kappa shape index (κ1) is 34.9. The van der Waals surface area contributed by atoms with E-state index >= 15 is 0 Å². The summed E-state index contributed by atoms with van der Waals surface area (Å²) in [5.74, 6) is -0.432. The lowest BCUT2D eigenvalue weighted by molar-refractivity contribution is -0.116. The molecule has 3 aromatic rings. The van der Waals surface area contributed by atoms with Gasteiger partial charge in [0.05, 0.1) is 23.6 Å². The number of nitrogens with one attached hydrogen (secondary N) is 2. The van der Waals surface area contributed by atoms with Crippen molar-refractivity contribution in [3.63, 3.8) is 0 Å². The van der Waals surface area contributed by atoms with Gasteiger partial charge in [-0.05, 0) is 116 Å². The van der Waals surface area contributed by atoms with Crippen molar-refractivity contribution >= 4 is 56.4 Å². The first-order valence-corrected chi connectivity index (χ1v) is 19.6. The lowest BCUT2D eigenvalue weighted by atomic mass is 9.68. The van der Waals surface area contributed by atoms with E-state index in [1.54, 1.807) is 54.6 Å². The molecule has 0 saturated heterocycles. The predicted molar refractivity (Wildman–Crippen MR) is 196 cm³/mol. The molecule has 2 bridgehead atoms. The Kier molecular flexibility index (Phi) is 9.91. The molecule has 4 aliphatic rings. The number of rotatable bonds is 3. The number of carbonyl (C=O) groups excluding carboxylic acids is 2. The monoisotopic (exact) mass is 737 g/mol. The Morgan fingerprint density at radius 3 is 2.70 bits per heavy atom. The Morgan fingerprint density at radius 1 is 1.06 bits per heavy atom. The molecule has 3 aromatic carbocycles. The SMILES string of the molecule is O=C(C[C@@H]1CC/C=C\[C@H](O)[C@@H]2CC[C@H]2CN2C[C@@]3(CCCc4cc(Cl)ccc43)COc3ccc(cc32)C(=O)NS1(=O)=O)Nc1cccc(Cl)c1. The Bertz CT molecular complexity index is 1940. The second-order valence-electron chi connectivity index (χ2n) is 14.1. The van der Waals surface area contributed by atoms with Crippen LogP contribution in [-0.4, -0.2) is 56.4 Å². The maximum absolute atomic E-state index is 13.8. The van der Waals surface area contributed by atoms with Gasteiger partial charge in [-0.2, -0.15) is 0 Å². The summed E-state index contributed by atoms with van der Waals surface area (Å²) < 4.78 is 36.3. The van der Waals surface area contributed by atoms with Gasteiger partial charge in [-0.15, -0.1) is 0 Å². The van der Waals surface area contributed by atoms with E-state index in [2.05, 4.69) is 21.0 Å². The van der Waals surface area contributed by atoms with Gasteiger partial charge in [-0.25, -0.2) is 13.1 Å². The molecular formula is C38H41Cl2N3O6S. The van der Waals surface area contributed by atoms with Crippen LogP contribution >= 0.6 is 23.2 Å². The number of nitrogens with zero attached hydrogens (tertiary/aromatic N) is 1. The highest BCUT2D eigenvalue weighted by Crippen LogP contribution is 2.46. The number of amides is 2. The smallest absolute Gasteiger partial charge is 0.264 e. The van der Waals surface area contributed by atoms with Crippen LogP contribution in [0.5, 0.6) is 5.75 Å². The normalized spacial score (nSPS) is 28.1. The minimum absolute atomic E-state index is 0.0367. The molecule has 2 amide bonds. The molecule has 0 unspecified atom stereocenters. The molecule has 2 heterocycles. The number of aliphatic hydroxyl groups is 1. The molecule has 2 aliphatic carbocycles. The van der Waals surface area contributed by atoms with Gasteiger partial charge in [0.2, 0.25) is 15.9 Å². The summed E-state index contributed by atoms with van der Waals surface area (Å²) in [4.78, 5) is 29.0. The maximum atomic E-state index is 13.8. The largest absolute Gasteiger partial charge is 0.490 e. The van der Waals surface area contributed by atoms with Gasteiger partial charge in [-0.3, -0.25) is 9.59 Å². The number of hydrogen-bond donors (Lipinski definition) is 3. The third-order valence-electron chi connectivity index (χ3n) is 10.9. The molecule has 9 nitrogen and oxygen atoms in total. The van der Waals surface area contributed by atoms with Crippen LogP contribution in [0.2, 0.25) is 10.0 Å². The quantitative estimate of drug-likeness (QED) is 0.257. The van der Waals surface area contributed by atoms with Gasteiger partial charge in [0.15, 0.2) is 0 Å². The Morgan fingerprint density at radius 2 is 1.90 bits per heavy atom. The van der Waals surface area contributed by atoms with E-state index in [1.807, 2.05) is 12.1 Å². The van der Waals surface area contributed by atoms with Crippen LogP contribution in [0, 0.1) is 11.8 Å². The fourth-order valence-electron chi connectivity index (χ4n) is 8.09. The zero-order valence-electron chi connectivity index (χ0n) is 27.6. The number of ether oxygens (including phenoxy) is 1. The van der Waals surface area contributed by atoms with Crippen LogP contribution in [0.1, 0.15) is 66.4 Å². The number of fused-ring (bicyclic) bond motifs is 4. The average molecular weight is 739 g/mol. The third-order valence-corrected chi connectivity index (χ3v) is 13.1. The summed E-state index contributed by atoms with van der Waals surface area (Å²) in [5.41, 5.74) is 3.45. The van der Waals surface area contributed by atoms with Crippen molar-refractivity contribution in [1.82, 2.24) is 4.72 Å². The van der Waals surface area contributed by atoms with E-state index in [9.17, 15) is 23.1 Å². The van der Waals surface area contributed by atoms with Crippen molar-refractivity contribution in [2.24, 2.45) is 11.8 Å². The molecule has 2 aliphatic heterocycles. The van der Waals surface area contributed by atoms with E-state index < -0.39 is 33.2 Å². The van der Waals surface area contributed by atoms with Crippen LogP contribution in [0.25, 0.3) is 0 Å². The topological polar surface area (TPSA) is 125 Å². The van der Waals surface area contributed by atoms with Crippen LogP contribution in [0.3, 0.4) is 0 Å². The fraction of sp³-hybridized carbons (Fsp3) is 0.421. The average Bonchev–Trinajstić information content (AvgIpc) is 3.20. The molecule has 0 radical (unpaired) electrons. The standard InChI is InChI=1S/C38H41Cl2N3O6S/c39-27-6-3-7-29(19-27)41-36(45)20-30-8-1-2-9-34(44)31-13-10-26(31)21-43-22-38(16-4-5-24-17-28(40)12-14-32(24)38)23-49-35-15-11-25(18-33(35)43)37(46)42-50(30,47)48/h2-3,6-7,9,11-12,14-15,17-19,26,30-31,34,44H,1,4-5,8,10,13,16,20-23H2,(H,41,45)(H,42,46)/b9-2-/t26-,30-,31+,34-,38-/m0/s1. The Hall–Kier alpha value is -3.57. The summed E-state index contributed by atoms with van der Waals surface area (Å²) in [6, 6.07) is 17.7. The highest BCUT2D eigenvalue weighted by molar-refractivity contribution is 7.90. The minimum atomic E-state index is -4.31. The molecule has 1 spiro atoms. The van der Waals surface area contributed by atoms with E-state index in [0.29, 0.717) is 53.3 Å². The third kappa shape index (κ3) is 7.26. The van der Waals surface area contributed by atoms with Crippen molar-refractivity contribution in [2.45, 2.75) is 68.1 Å². The van der Waals surface area contributed by atoms with Gasteiger partial charge in [0, 0.05) is 46.2 Å². The predicted octanol–water partition coefficient (Wildman–Crippen LogP) is 6.66. The lowest BCUT2D eigenvalue weighted by Gasteiger charge is -2.45. The summed E-state index contributed by atoms with van der Waals surface area (Å²) in [6.07, 6.45) is 7.52. The second kappa shape index (κ2) is 14.2. The highest BCUT2D eigenvalue weighted by Gasteiger charge is 2.44. The fourth-order valence-corrected chi connectivity index (χ4v) is 9.84. The van der Waals surface area contributed by atoms with E-state index in [0.717, 1.165) is 32.1 Å². The number of carbonyl (C=O) groups is 2. The van der Waals surface area contributed by atoms with Crippen molar-refractivity contribution in [3.05, 3.63) is 99.6 Å². The molecule has 1 fully saturated rings. The van der Waals surface area contributed by atoms with Crippen molar-refractivity contribution < 1.29 is 27.9 Å². The molecule has 12 heteroatoms. The van der Waals surface area contributed by atoms with Crippen LogP contribution in [-0.2, 0) is 26.7 Å². The van der Waals surface area contributed by atoms with Crippen molar-refractivity contribution in [2.75, 3.05) is 29.9 Å². The first-order valence-electron chi connectivity index (χ1n) is 17.3. The number of anilines is 2. The molecule has 5 atom stereocenters. The number of sulfonamides is 1. The zero-order chi connectivity index (χ0) is 35.0. The van der Waals surface area contributed by atoms with E-state index in [-0.39, 0.29) is 35.7 Å². The van der Waals surface area contributed by atoms with Gasteiger partial charge >= 0.3 is 0 Å². The molecule has 50 heavy (non-hydrogen) atoms.